The maximum absolute atomic E-state index is 14.6. The maximum Gasteiger partial charge on any atom is 0.260 e. The minimum atomic E-state index is -1.44. The predicted octanol–water partition coefficient (Wildman–Crippen LogP) is -3.18. The molecule has 28 heteroatoms. The van der Waals surface area contributed by atoms with Crippen molar-refractivity contribution in [2.24, 2.45) is 39.8 Å². The van der Waals surface area contributed by atoms with Crippen molar-refractivity contribution in [2.45, 2.75) is 140 Å². The fraction of sp³-hybridized carbons (Fsp3) is 0.577. The Hall–Kier alpha value is -8.30. The number of aliphatic imine (C=N–C) groups is 1. The molecule has 17 N–H and O–H groups in total. The zero-order valence-electron chi connectivity index (χ0n) is 45.5. The smallest absolute Gasteiger partial charge is 0.260 e. The van der Waals surface area contributed by atoms with E-state index in [4.69, 9.17) is 22.9 Å². The van der Waals surface area contributed by atoms with Crippen molar-refractivity contribution < 1.29 is 58.2 Å². The summed E-state index contributed by atoms with van der Waals surface area (Å²) in [5.41, 5.74) is 21.2. The van der Waals surface area contributed by atoms with Crippen LogP contribution in [0.15, 0.2) is 46.3 Å². The molecule has 0 radical (unpaired) electrons. The number of primary amides is 1. The number of guanidine groups is 1. The summed E-state index contributed by atoms with van der Waals surface area (Å²) in [5.74, 6) is -9.08. The minimum absolute atomic E-state index is 0.0150. The number of nitrogens with zero attached hydrogens (tertiary/aromatic N) is 4. The van der Waals surface area contributed by atoms with E-state index in [1.165, 1.54) is 51.2 Å². The number of rotatable bonds is 26. The highest BCUT2D eigenvalue weighted by molar-refractivity contribution is 6.01. The molecule has 80 heavy (non-hydrogen) atoms. The Bertz CT molecular complexity index is 2700. The van der Waals surface area contributed by atoms with E-state index in [1.807, 2.05) is 27.7 Å². The first-order chi connectivity index (χ1) is 37.9. The molecule has 0 bridgehead atoms. The molecular weight excluding hydrogens is 1040 g/mol. The maximum atomic E-state index is 14.6. The summed E-state index contributed by atoms with van der Waals surface area (Å²) >= 11 is 0. The molecule has 8 atom stereocenters. The van der Waals surface area contributed by atoms with Gasteiger partial charge in [-0.15, -0.1) is 0 Å². The molecule has 1 aromatic heterocycles. The van der Waals surface area contributed by atoms with Crippen LogP contribution in [0.3, 0.4) is 0 Å². The molecule has 0 unspecified atom stereocenters. The van der Waals surface area contributed by atoms with Crippen molar-refractivity contribution in [3.8, 4) is 11.5 Å². The fourth-order valence-electron chi connectivity index (χ4n) is 10.0. The van der Waals surface area contributed by atoms with Gasteiger partial charge < -0.3 is 84.7 Å². The Morgan fingerprint density at radius 3 is 1.75 bits per heavy atom. The average molecular weight is 1120 g/mol. The number of hydrogen-bond donors (Lipinski definition) is 13. The number of nitrogens with one attached hydrogen (secondary N) is 7. The van der Waals surface area contributed by atoms with Crippen LogP contribution < -0.4 is 60.4 Å². The van der Waals surface area contributed by atoms with Gasteiger partial charge in [-0.2, -0.15) is 0 Å². The van der Waals surface area contributed by atoms with Crippen molar-refractivity contribution >= 4 is 65.0 Å². The number of phenolic OH excluding ortho intramolecular Hbond substituents is 2. The van der Waals surface area contributed by atoms with Crippen LogP contribution in [0.25, 0.3) is 0 Å². The molecule has 438 valence electrons. The van der Waals surface area contributed by atoms with Gasteiger partial charge in [0.05, 0.1) is 5.56 Å². The molecular formula is C52H77N15O13. The standard InChI is InChI=1S/C52H77N15O13/c1-27(2)23-32(61-46(75)34(25-53)63-45(74)31(13-7-19-58-52(55)56)60-44(73)30-12-6-18-57-43(30)72)50(79)67-22-10-16-38(67)51(80)66-21-9-15-37(66)47(76)62-33(24-28(3)4)49(78)65-20-8-14-36(65)48(77)64-35(41(54)70)26-59-42(71)29-11-5-17-39(68)40(29)69/h5-6,11-12,17-18,27-28,31-38,68-69H,7-10,13-16,19-26,53H2,1-4H3,(H2,54,70)(H,57,72)(H,59,71)(H,60,73)(H,61,75)(H,62,76)(H,63,74)(H,64,77)(H4,55,56,58)/t31-,32-,33-,34-,35-,36-,37-,38-/m0/s1. The number of hydrogen-bond acceptors (Lipinski definition) is 15. The third kappa shape index (κ3) is 16.6. The molecule has 0 saturated carbocycles. The first-order valence-corrected chi connectivity index (χ1v) is 26.9. The molecule has 28 nitrogen and oxygen atoms in total. The zero-order chi connectivity index (χ0) is 59.0. The number of aromatic hydroxyl groups is 2. The molecule has 2 aromatic rings. The molecule has 3 fully saturated rings. The number of phenols is 2. The number of carbonyl (C=O) groups is 10. The second-order valence-electron chi connectivity index (χ2n) is 21.0. The first-order valence-electron chi connectivity index (χ1n) is 26.9. The summed E-state index contributed by atoms with van der Waals surface area (Å²) in [5, 5.41) is 35.4. The van der Waals surface area contributed by atoms with E-state index in [9.17, 15) is 63.0 Å². The quantitative estimate of drug-likeness (QED) is 0.0191. The lowest BCUT2D eigenvalue weighted by Crippen LogP contribution is -2.61. The second-order valence-corrected chi connectivity index (χ2v) is 21.0. The number of benzene rings is 1. The van der Waals surface area contributed by atoms with E-state index in [1.54, 1.807) is 0 Å². The Labute approximate surface area is 462 Å². The number of aromatic amines is 1. The number of pyridine rings is 1. The second kappa shape index (κ2) is 29.1. The molecule has 1 aromatic carbocycles. The summed E-state index contributed by atoms with van der Waals surface area (Å²) < 4.78 is 0. The number of amides is 10. The summed E-state index contributed by atoms with van der Waals surface area (Å²) in [6, 6.07) is -3.14. The number of carbonyl (C=O) groups excluding carboxylic acids is 10. The van der Waals surface area contributed by atoms with Crippen LogP contribution in [0.5, 0.6) is 11.5 Å². The van der Waals surface area contributed by atoms with Crippen LogP contribution >= 0.6 is 0 Å². The molecule has 3 saturated heterocycles. The van der Waals surface area contributed by atoms with Crippen LogP contribution in [0.2, 0.25) is 0 Å². The molecule has 3 aliphatic rings. The van der Waals surface area contributed by atoms with E-state index in [2.05, 4.69) is 41.9 Å². The van der Waals surface area contributed by atoms with Gasteiger partial charge in [-0.1, -0.05) is 33.8 Å². The van der Waals surface area contributed by atoms with E-state index in [0.717, 1.165) is 0 Å². The van der Waals surface area contributed by atoms with Crippen molar-refractivity contribution in [1.82, 2.24) is 51.6 Å². The van der Waals surface area contributed by atoms with Gasteiger partial charge >= 0.3 is 0 Å². The van der Waals surface area contributed by atoms with Crippen LogP contribution in [0.4, 0.5) is 0 Å². The Kier molecular flexibility index (Phi) is 22.7. The van der Waals surface area contributed by atoms with Gasteiger partial charge in [-0.05, 0) is 100 Å². The van der Waals surface area contributed by atoms with Crippen LogP contribution in [-0.2, 0) is 38.4 Å². The highest BCUT2D eigenvalue weighted by Gasteiger charge is 2.46. The lowest BCUT2D eigenvalue weighted by molar-refractivity contribution is -0.148. The highest BCUT2D eigenvalue weighted by Crippen LogP contribution is 2.29. The highest BCUT2D eigenvalue weighted by atomic mass is 16.3. The van der Waals surface area contributed by atoms with Gasteiger partial charge in [0, 0.05) is 45.5 Å². The van der Waals surface area contributed by atoms with Gasteiger partial charge in [-0.25, -0.2) is 0 Å². The lowest BCUT2D eigenvalue weighted by Gasteiger charge is -2.34. The monoisotopic (exact) mass is 1120 g/mol. The zero-order valence-corrected chi connectivity index (χ0v) is 45.5. The van der Waals surface area contributed by atoms with Crippen molar-refractivity contribution in [3.05, 3.63) is 58.0 Å². The Morgan fingerprint density at radius 1 is 0.650 bits per heavy atom. The summed E-state index contributed by atoms with van der Waals surface area (Å²) in [7, 11) is 0. The lowest BCUT2D eigenvalue weighted by atomic mass is 10.0. The van der Waals surface area contributed by atoms with Crippen LogP contribution in [0, 0.1) is 11.8 Å². The van der Waals surface area contributed by atoms with Gasteiger partial charge in [-0.3, -0.25) is 57.7 Å². The number of likely N-dealkylation sites (tertiary alicyclic amines) is 3. The predicted molar refractivity (Wildman–Crippen MR) is 289 cm³/mol. The van der Waals surface area contributed by atoms with Gasteiger partial charge in [0.1, 0.15) is 53.9 Å². The summed E-state index contributed by atoms with van der Waals surface area (Å²) in [6.45, 7) is 6.99. The third-order valence-electron chi connectivity index (χ3n) is 14.0. The van der Waals surface area contributed by atoms with Gasteiger partial charge in [0.2, 0.25) is 47.3 Å². The molecule has 3 aliphatic heterocycles. The number of H-pyrrole nitrogens is 1. The molecule has 0 spiro atoms. The topological polar surface area (TPSA) is 442 Å². The number of para-hydroxylation sites is 1. The fourth-order valence-corrected chi connectivity index (χ4v) is 10.0. The van der Waals surface area contributed by atoms with Crippen molar-refractivity contribution in [1.29, 1.82) is 0 Å². The average Bonchev–Trinajstić information content (AvgIpc) is 4.25. The minimum Gasteiger partial charge on any atom is -0.504 e. The SMILES string of the molecule is CC(C)C[C@H](NC(=O)[C@@H]1CCCN1C(=O)[C@@H]1CCCN1C(=O)[C@H](CC(C)C)NC(=O)[C@H](CN)NC(=O)[C@H](CCCN=C(N)N)NC(=O)c1ccc[nH]c1=O)C(=O)N1CCC[C@H]1C(=O)N[C@@H](CNC(=O)c1cccc(O)c1O)C(N)=O. The van der Waals surface area contributed by atoms with Crippen molar-refractivity contribution in [2.75, 3.05) is 39.3 Å². The summed E-state index contributed by atoms with van der Waals surface area (Å²) in [6.07, 6.45) is 3.77. The first kappa shape index (κ1) is 62.5. The molecule has 5 rings (SSSR count). The number of nitrogens with two attached hydrogens (primary N) is 4. The van der Waals surface area contributed by atoms with Crippen molar-refractivity contribution in [3.63, 3.8) is 0 Å². The normalized spacial score (nSPS) is 18.8. The number of aromatic nitrogens is 1. The van der Waals surface area contributed by atoms with Crippen LogP contribution in [0.1, 0.15) is 113 Å². The van der Waals surface area contributed by atoms with E-state index >= 15 is 0 Å². The molecule has 4 heterocycles. The third-order valence-corrected chi connectivity index (χ3v) is 14.0. The largest absolute Gasteiger partial charge is 0.504 e. The van der Waals surface area contributed by atoms with E-state index in [0.29, 0.717) is 19.3 Å². The van der Waals surface area contributed by atoms with Gasteiger partial charge in [0.25, 0.3) is 17.4 Å². The molecule has 10 amide bonds. The van der Waals surface area contributed by atoms with E-state index < -0.39 is 138 Å². The Balaban J connectivity index is 1.24. The molecule has 0 aliphatic carbocycles. The Morgan fingerprint density at radius 2 is 1.18 bits per heavy atom. The van der Waals surface area contributed by atoms with Gasteiger partial charge in [0.15, 0.2) is 17.5 Å². The summed E-state index contributed by atoms with van der Waals surface area (Å²) in [4.78, 5) is 160. The van der Waals surface area contributed by atoms with Crippen LogP contribution in [-0.4, -0.2) is 183 Å². The van der Waals surface area contributed by atoms with E-state index in [-0.39, 0.29) is 100 Å².